The molecule has 20 heavy (non-hydrogen) atoms. The van der Waals surface area contributed by atoms with E-state index in [0.717, 1.165) is 50.0 Å². The summed E-state index contributed by atoms with van der Waals surface area (Å²) in [6.07, 6.45) is 2.11. The number of ether oxygens (including phenoxy) is 1. The summed E-state index contributed by atoms with van der Waals surface area (Å²) in [6.45, 7) is 5.78. The van der Waals surface area contributed by atoms with E-state index in [2.05, 4.69) is 32.8 Å². The van der Waals surface area contributed by atoms with E-state index < -0.39 is 0 Å². The molecular formula is C15H23BrN2O2. The van der Waals surface area contributed by atoms with Gasteiger partial charge in [0.25, 0.3) is 0 Å². The molecule has 1 heterocycles. The van der Waals surface area contributed by atoms with Crippen LogP contribution in [-0.2, 0) is 6.42 Å². The number of phenols is 1. The molecule has 1 aromatic rings. The zero-order valence-electron chi connectivity index (χ0n) is 12.2. The minimum absolute atomic E-state index is 0.183. The minimum atomic E-state index is 0.183. The molecule has 0 aromatic heterocycles. The molecule has 0 saturated carbocycles. The molecule has 1 aliphatic heterocycles. The number of piperazine rings is 1. The van der Waals surface area contributed by atoms with Gasteiger partial charge >= 0.3 is 0 Å². The fraction of sp³-hybridized carbons (Fsp3) is 0.600. The Morgan fingerprint density at radius 2 is 1.95 bits per heavy atom. The van der Waals surface area contributed by atoms with E-state index in [4.69, 9.17) is 4.74 Å². The van der Waals surface area contributed by atoms with E-state index in [0.29, 0.717) is 5.75 Å². The zero-order valence-corrected chi connectivity index (χ0v) is 13.8. The average molecular weight is 343 g/mol. The highest BCUT2D eigenvalue weighted by molar-refractivity contribution is 9.10. The van der Waals surface area contributed by atoms with Crippen molar-refractivity contribution in [3.63, 3.8) is 0 Å². The normalized spacial score (nSPS) is 17.4. The van der Waals surface area contributed by atoms with Gasteiger partial charge in [-0.05, 0) is 44.1 Å². The third kappa shape index (κ3) is 4.11. The smallest absolute Gasteiger partial charge is 0.160 e. The first-order valence-electron chi connectivity index (χ1n) is 7.06. The quantitative estimate of drug-likeness (QED) is 0.890. The van der Waals surface area contributed by atoms with Gasteiger partial charge in [-0.1, -0.05) is 15.9 Å². The van der Waals surface area contributed by atoms with Crippen molar-refractivity contribution in [2.45, 2.75) is 12.8 Å². The number of halogens is 1. The summed E-state index contributed by atoms with van der Waals surface area (Å²) in [7, 11) is 3.76. The van der Waals surface area contributed by atoms with Crippen molar-refractivity contribution in [3.8, 4) is 11.5 Å². The predicted molar refractivity (Wildman–Crippen MR) is 84.6 cm³/mol. The van der Waals surface area contributed by atoms with Crippen molar-refractivity contribution >= 4 is 15.9 Å². The molecular weight excluding hydrogens is 320 g/mol. The predicted octanol–water partition coefficient (Wildman–Crippen LogP) is 2.34. The minimum Gasteiger partial charge on any atom is -0.504 e. The molecule has 4 nitrogen and oxygen atoms in total. The van der Waals surface area contributed by atoms with E-state index >= 15 is 0 Å². The summed E-state index contributed by atoms with van der Waals surface area (Å²) in [5.74, 6) is 0.727. The maximum atomic E-state index is 9.70. The summed E-state index contributed by atoms with van der Waals surface area (Å²) in [5.41, 5.74) is 1.19. The molecule has 0 spiro atoms. The Morgan fingerprint density at radius 1 is 1.25 bits per heavy atom. The molecule has 0 atom stereocenters. The van der Waals surface area contributed by atoms with E-state index in [1.54, 1.807) is 13.2 Å². The second-order valence-corrected chi connectivity index (χ2v) is 6.22. The number of hydrogen-bond donors (Lipinski definition) is 1. The van der Waals surface area contributed by atoms with Crippen molar-refractivity contribution in [3.05, 3.63) is 22.2 Å². The fourth-order valence-corrected chi connectivity index (χ4v) is 3.03. The Balaban J connectivity index is 1.85. The van der Waals surface area contributed by atoms with Gasteiger partial charge in [0.2, 0.25) is 0 Å². The monoisotopic (exact) mass is 342 g/mol. The van der Waals surface area contributed by atoms with Crippen molar-refractivity contribution in [1.29, 1.82) is 0 Å². The van der Waals surface area contributed by atoms with E-state index in [1.807, 2.05) is 6.07 Å². The third-order valence-corrected chi connectivity index (χ3v) is 4.60. The molecule has 1 aromatic carbocycles. The average Bonchev–Trinajstić information content (AvgIpc) is 2.43. The fourth-order valence-electron chi connectivity index (χ4n) is 2.50. The van der Waals surface area contributed by atoms with Crippen LogP contribution in [0.3, 0.4) is 0 Å². The maximum absolute atomic E-state index is 9.70. The summed E-state index contributed by atoms with van der Waals surface area (Å²) in [6, 6.07) is 3.63. The van der Waals surface area contributed by atoms with Gasteiger partial charge in [-0.15, -0.1) is 0 Å². The van der Waals surface area contributed by atoms with Crippen LogP contribution in [0.15, 0.2) is 16.6 Å². The van der Waals surface area contributed by atoms with Crippen LogP contribution in [0.4, 0.5) is 0 Å². The largest absolute Gasteiger partial charge is 0.504 e. The Morgan fingerprint density at radius 3 is 2.60 bits per heavy atom. The van der Waals surface area contributed by atoms with Crippen LogP contribution in [0.5, 0.6) is 11.5 Å². The standard InChI is InChI=1S/C15H23BrN2O2/c1-17-6-8-18(9-7-17)5-3-4-12-10-15(20-2)14(19)11-13(12)16/h10-11,19H,3-9H2,1-2H3. The lowest BCUT2D eigenvalue weighted by molar-refractivity contribution is 0.153. The highest BCUT2D eigenvalue weighted by Gasteiger charge is 2.13. The van der Waals surface area contributed by atoms with E-state index in [9.17, 15) is 5.11 Å². The number of benzene rings is 1. The van der Waals surface area contributed by atoms with Gasteiger partial charge in [0, 0.05) is 30.7 Å². The first-order chi connectivity index (χ1) is 9.60. The Kier molecular flexibility index (Phi) is 5.69. The lowest BCUT2D eigenvalue weighted by Gasteiger charge is -2.32. The molecule has 0 amide bonds. The molecule has 0 bridgehead atoms. The Bertz CT molecular complexity index is 446. The summed E-state index contributed by atoms with van der Waals surface area (Å²) >= 11 is 3.51. The molecule has 1 N–H and O–H groups in total. The van der Waals surface area contributed by atoms with Crippen LogP contribution in [0.2, 0.25) is 0 Å². The van der Waals surface area contributed by atoms with Gasteiger partial charge in [-0.3, -0.25) is 0 Å². The molecule has 1 aliphatic rings. The Hall–Kier alpha value is -0.780. The highest BCUT2D eigenvalue weighted by Crippen LogP contribution is 2.32. The second kappa shape index (κ2) is 7.29. The topological polar surface area (TPSA) is 35.9 Å². The molecule has 5 heteroatoms. The van der Waals surface area contributed by atoms with Gasteiger partial charge in [-0.25, -0.2) is 0 Å². The SMILES string of the molecule is COc1cc(CCCN2CCN(C)CC2)c(Br)cc1O. The second-order valence-electron chi connectivity index (χ2n) is 5.36. The van der Waals surface area contributed by atoms with Crippen LogP contribution >= 0.6 is 15.9 Å². The van der Waals surface area contributed by atoms with Crippen molar-refractivity contribution in [2.75, 3.05) is 46.9 Å². The number of methoxy groups -OCH3 is 1. The van der Waals surface area contributed by atoms with Crippen molar-refractivity contribution in [1.82, 2.24) is 9.80 Å². The highest BCUT2D eigenvalue weighted by atomic mass is 79.9. The molecule has 2 rings (SSSR count). The number of likely N-dealkylation sites (N-methyl/N-ethyl adjacent to an activating group) is 1. The van der Waals surface area contributed by atoms with Crippen LogP contribution in [0.25, 0.3) is 0 Å². The number of aromatic hydroxyl groups is 1. The van der Waals surface area contributed by atoms with Crippen LogP contribution in [-0.4, -0.2) is 61.8 Å². The number of rotatable bonds is 5. The molecule has 0 unspecified atom stereocenters. The zero-order chi connectivity index (χ0) is 14.5. The molecule has 0 aliphatic carbocycles. The van der Waals surface area contributed by atoms with Gasteiger partial charge in [0.05, 0.1) is 7.11 Å². The number of phenolic OH excluding ortho intramolecular Hbond substituents is 1. The first-order valence-corrected chi connectivity index (χ1v) is 7.85. The number of nitrogens with zero attached hydrogens (tertiary/aromatic N) is 2. The van der Waals surface area contributed by atoms with Gasteiger partial charge in [0.15, 0.2) is 11.5 Å². The number of hydrogen-bond acceptors (Lipinski definition) is 4. The van der Waals surface area contributed by atoms with Crippen molar-refractivity contribution in [2.24, 2.45) is 0 Å². The summed E-state index contributed by atoms with van der Waals surface area (Å²) in [4.78, 5) is 4.89. The maximum Gasteiger partial charge on any atom is 0.160 e. The molecule has 1 fully saturated rings. The van der Waals surface area contributed by atoms with E-state index in [-0.39, 0.29) is 5.75 Å². The first kappa shape index (κ1) is 15.6. The van der Waals surface area contributed by atoms with Crippen LogP contribution in [0, 0.1) is 0 Å². The number of aryl methyl sites for hydroxylation is 1. The summed E-state index contributed by atoms with van der Waals surface area (Å²) in [5, 5.41) is 9.70. The lowest BCUT2D eigenvalue weighted by Crippen LogP contribution is -2.44. The van der Waals surface area contributed by atoms with Gasteiger partial charge in [-0.2, -0.15) is 0 Å². The third-order valence-electron chi connectivity index (χ3n) is 3.86. The van der Waals surface area contributed by atoms with Gasteiger partial charge < -0.3 is 19.6 Å². The Labute approximate surface area is 129 Å². The molecule has 1 saturated heterocycles. The van der Waals surface area contributed by atoms with Crippen LogP contribution < -0.4 is 4.74 Å². The van der Waals surface area contributed by atoms with Gasteiger partial charge in [0.1, 0.15) is 0 Å². The van der Waals surface area contributed by atoms with Crippen molar-refractivity contribution < 1.29 is 9.84 Å². The molecule has 0 radical (unpaired) electrons. The van der Waals surface area contributed by atoms with Crippen LogP contribution in [0.1, 0.15) is 12.0 Å². The molecule has 112 valence electrons. The lowest BCUT2D eigenvalue weighted by atomic mass is 10.1. The van der Waals surface area contributed by atoms with E-state index in [1.165, 1.54) is 5.56 Å². The summed E-state index contributed by atoms with van der Waals surface area (Å²) < 4.78 is 6.11.